The van der Waals surface area contributed by atoms with Gasteiger partial charge < -0.3 is 14.8 Å². The summed E-state index contributed by atoms with van der Waals surface area (Å²) in [6.45, 7) is 2.32. The number of carbonyl (C=O) groups excluding carboxylic acids is 2. The Kier molecular flexibility index (Phi) is 6.16. The fourth-order valence-electron chi connectivity index (χ4n) is 1.98. The molecule has 0 aliphatic rings. The smallest absolute Gasteiger partial charge is 0.491 e. The number of rotatable bonds is 6. The van der Waals surface area contributed by atoms with Crippen LogP contribution in [0.1, 0.15) is 15.9 Å². The Hall–Kier alpha value is -3.10. The van der Waals surface area contributed by atoms with Gasteiger partial charge in [0.15, 0.2) is 0 Å². The lowest BCUT2D eigenvalue weighted by atomic mass is 10.1. The number of aryl methyl sites for hydroxylation is 1. The zero-order valence-electron chi connectivity index (χ0n) is 13.7. The van der Waals surface area contributed by atoms with Crippen LogP contribution in [-0.4, -0.2) is 36.3 Å². The molecule has 0 spiro atoms. The van der Waals surface area contributed by atoms with E-state index < -0.39 is 18.1 Å². The van der Waals surface area contributed by atoms with Gasteiger partial charge in [0, 0.05) is 24.6 Å². The van der Waals surface area contributed by atoms with E-state index in [4.69, 9.17) is 4.74 Å². The first-order valence-electron chi connectivity index (χ1n) is 7.47. The third kappa shape index (κ3) is 5.76. The number of benzene rings is 1. The first-order chi connectivity index (χ1) is 12.3. The van der Waals surface area contributed by atoms with E-state index in [1.807, 2.05) is 0 Å². The number of alkyl halides is 3. The molecule has 1 N–H and O–H groups in total. The molecule has 0 fully saturated rings. The van der Waals surface area contributed by atoms with Crippen LogP contribution in [0, 0.1) is 6.92 Å². The number of aromatic nitrogens is 1. The lowest BCUT2D eigenvalue weighted by molar-refractivity contribution is -0.193. The number of ether oxygens (including phenoxy) is 2. The van der Waals surface area contributed by atoms with E-state index in [0.29, 0.717) is 12.1 Å². The van der Waals surface area contributed by atoms with Gasteiger partial charge in [-0.15, -0.1) is 0 Å². The molecular weight excluding hydrogens is 353 g/mol. The lowest BCUT2D eigenvalue weighted by Crippen LogP contribution is -2.28. The van der Waals surface area contributed by atoms with Crippen molar-refractivity contribution in [3.05, 3.63) is 53.9 Å². The number of pyridine rings is 1. The Balaban J connectivity index is 1.94. The molecule has 1 aromatic heterocycles. The second-order valence-corrected chi connectivity index (χ2v) is 5.22. The molecule has 138 valence electrons. The highest BCUT2D eigenvalue weighted by Crippen LogP contribution is 2.21. The van der Waals surface area contributed by atoms with Gasteiger partial charge in [0.05, 0.1) is 5.56 Å². The Morgan fingerprint density at radius 2 is 1.85 bits per heavy atom. The summed E-state index contributed by atoms with van der Waals surface area (Å²) in [5, 5.41) is 3.08. The normalized spacial score (nSPS) is 10.9. The second-order valence-electron chi connectivity index (χ2n) is 5.22. The van der Waals surface area contributed by atoms with Crippen LogP contribution in [0.2, 0.25) is 0 Å². The highest BCUT2D eigenvalue weighted by atomic mass is 19.4. The molecule has 6 nitrogen and oxygen atoms in total. The number of nitrogens with one attached hydrogen (secondary N) is 1. The maximum absolute atomic E-state index is 12.2. The summed E-state index contributed by atoms with van der Waals surface area (Å²) in [6.07, 6.45) is -1.98. The van der Waals surface area contributed by atoms with Gasteiger partial charge in [-0.3, -0.25) is 4.98 Å². The zero-order valence-corrected chi connectivity index (χ0v) is 13.7. The predicted octanol–water partition coefficient (Wildman–Crippen LogP) is 3.13. The van der Waals surface area contributed by atoms with E-state index in [2.05, 4.69) is 15.0 Å². The molecule has 0 unspecified atom stereocenters. The van der Waals surface area contributed by atoms with Crippen LogP contribution >= 0.6 is 0 Å². The van der Waals surface area contributed by atoms with E-state index in [1.165, 1.54) is 12.1 Å². The molecule has 0 aliphatic carbocycles. The maximum Gasteiger partial charge on any atom is 0.491 e. The van der Waals surface area contributed by atoms with Gasteiger partial charge in [0.2, 0.25) is 0 Å². The number of esters is 2. The average molecular weight is 368 g/mol. The van der Waals surface area contributed by atoms with Crippen molar-refractivity contribution in [2.75, 3.05) is 18.5 Å². The predicted molar refractivity (Wildman–Crippen MR) is 85.9 cm³/mol. The Morgan fingerprint density at radius 3 is 2.50 bits per heavy atom. The molecule has 0 atom stereocenters. The molecular formula is C17H15F3N2O4. The summed E-state index contributed by atoms with van der Waals surface area (Å²) in [5.74, 6) is -3.68. The summed E-state index contributed by atoms with van der Waals surface area (Å²) < 4.78 is 45.8. The van der Waals surface area contributed by atoms with E-state index in [-0.39, 0.29) is 17.9 Å². The van der Waals surface area contributed by atoms with Crippen molar-refractivity contribution >= 4 is 17.6 Å². The van der Waals surface area contributed by atoms with Crippen molar-refractivity contribution in [2.24, 2.45) is 0 Å². The van der Waals surface area contributed by atoms with Crippen molar-refractivity contribution in [3.8, 4) is 5.75 Å². The standard InChI is InChI=1S/C17H15F3N2O4/c1-11-8-12(15(23)26-16(24)17(18,19)20)10-14(9-11)25-7-6-22-13-2-4-21-5-3-13/h2-5,8-10H,6-7H2,1H3,(H,21,22). The molecule has 9 heteroatoms. The van der Waals surface area contributed by atoms with Gasteiger partial charge in [0.25, 0.3) is 0 Å². The minimum atomic E-state index is -5.24. The molecule has 0 amide bonds. The van der Waals surface area contributed by atoms with E-state index in [1.54, 1.807) is 37.5 Å². The van der Waals surface area contributed by atoms with Crippen molar-refractivity contribution in [1.29, 1.82) is 0 Å². The first kappa shape index (κ1) is 19.2. The molecule has 1 aromatic carbocycles. The summed E-state index contributed by atoms with van der Waals surface area (Å²) in [4.78, 5) is 26.3. The van der Waals surface area contributed by atoms with E-state index >= 15 is 0 Å². The molecule has 2 rings (SSSR count). The molecule has 26 heavy (non-hydrogen) atoms. The molecule has 0 bridgehead atoms. The first-order valence-corrected chi connectivity index (χ1v) is 7.47. The topological polar surface area (TPSA) is 77.5 Å². The molecule has 0 saturated carbocycles. The lowest BCUT2D eigenvalue weighted by Gasteiger charge is -2.11. The molecule has 1 heterocycles. The van der Waals surface area contributed by atoms with Crippen LogP contribution in [-0.2, 0) is 9.53 Å². The van der Waals surface area contributed by atoms with Crippen LogP contribution in [0.3, 0.4) is 0 Å². The number of halogens is 3. The van der Waals surface area contributed by atoms with Gasteiger partial charge in [-0.25, -0.2) is 9.59 Å². The molecule has 2 aromatic rings. The zero-order chi connectivity index (χ0) is 19.2. The van der Waals surface area contributed by atoms with Crippen molar-refractivity contribution in [2.45, 2.75) is 13.1 Å². The Morgan fingerprint density at radius 1 is 1.15 bits per heavy atom. The van der Waals surface area contributed by atoms with Crippen molar-refractivity contribution in [3.63, 3.8) is 0 Å². The Bertz CT molecular complexity index is 779. The highest BCUT2D eigenvalue weighted by Gasteiger charge is 2.42. The SMILES string of the molecule is Cc1cc(OCCNc2ccncc2)cc(C(=O)OC(=O)C(F)(F)F)c1. The monoisotopic (exact) mass is 368 g/mol. The second kappa shape index (κ2) is 8.32. The number of hydrogen-bond donors (Lipinski definition) is 1. The van der Waals surface area contributed by atoms with Gasteiger partial charge in [-0.05, 0) is 42.8 Å². The van der Waals surface area contributed by atoms with Gasteiger partial charge in [-0.1, -0.05) is 0 Å². The average Bonchev–Trinajstić information content (AvgIpc) is 2.58. The van der Waals surface area contributed by atoms with Crippen LogP contribution in [0.5, 0.6) is 5.75 Å². The van der Waals surface area contributed by atoms with Crippen LogP contribution in [0.15, 0.2) is 42.7 Å². The third-order valence-electron chi connectivity index (χ3n) is 3.08. The molecule has 0 radical (unpaired) electrons. The van der Waals surface area contributed by atoms with Gasteiger partial charge in [0.1, 0.15) is 12.4 Å². The number of anilines is 1. The summed E-state index contributed by atoms with van der Waals surface area (Å²) in [6, 6.07) is 7.67. The minimum absolute atomic E-state index is 0.209. The number of hydrogen-bond acceptors (Lipinski definition) is 6. The highest BCUT2D eigenvalue weighted by molar-refractivity contribution is 5.98. The van der Waals surface area contributed by atoms with Crippen molar-refractivity contribution in [1.82, 2.24) is 4.98 Å². The van der Waals surface area contributed by atoms with E-state index in [9.17, 15) is 22.8 Å². The maximum atomic E-state index is 12.2. The van der Waals surface area contributed by atoms with Crippen LogP contribution in [0.4, 0.5) is 18.9 Å². The van der Waals surface area contributed by atoms with Crippen LogP contribution in [0.25, 0.3) is 0 Å². The van der Waals surface area contributed by atoms with Crippen molar-refractivity contribution < 1.29 is 32.2 Å². The van der Waals surface area contributed by atoms with Gasteiger partial charge >= 0.3 is 18.1 Å². The number of nitrogens with zero attached hydrogens (tertiary/aromatic N) is 1. The largest absolute Gasteiger partial charge is 0.492 e. The fraction of sp³-hybridized carbons (Fsp3) is 0.235. The van der Waals surface area contributed by atoms with Crippen LogP contribution < -0.4 is 10.1 Å². The third-order valence-corrected chi connectivity index (χ3v) is 3.08. The molecule has 0 saturated heterocycles. The summed E-state index contributed by atoms with van der Waals surface area (Å²) >= 11 is 0. The summed E-state index contributed by atoms with van der Waals surface area (Å²) in [5.41, 5.74) is 1.21. The summed E-state index contributed by atoms with van der Waals surface area (Å²) in [7, 11) is 0. The quantitative estimate of drug-likeness (QED) is 0.480. The fourth-order valence-corrected chi connectivity index (χ4v) is 1.98. The Labute approximate surface area is 146 Å². The minimum Gasteiger partial charge on any atom is -0.492 e. The number of carbonyl (C=O) groups is 2. The van der Waals surface area contributed by atoms with Gasteiger partial charge in [-0.2, -0.15) is 13.2 Å². The molecule has 0 aliphatic heterocycles. The van der Waals surface area contributed by atoms with E-state index in [0.717, 1.165) is 5.69 Å².